The topological polar surface area (TPSA) is 68.0 Å². The second-order valence-electron chi connectivity index (χ2n) is 7.38. The molecule has 136 valence electrons. The van der Waals surface area contributed by atoms with Gasteiger partial charge in [0.1, 0.15) is 0 Å². The van der Waals surface area contributed by atoms with E-state index in [0.717, 1.165) is 9.37 Å². The lowest BCUT2D eigenvalue weighted by Crippen LogP contribution is -2.42. The Kier molecular flexibility index (Phi) is 6.32. The molecule has 1 aromatic heterocycles. The highest BCUT2D eigenvalue weighted by molar-refractivity contribution is 9.10. The number of carbonyl (C=O) groups excluding carboxylic acids is 1. The van der Waals surface area contributed by atoms with Crippen LogP contribution in [0.2, 0.25) is 0 Å². The van der Waals surface area contributed by atoms with Crippen molar-refractivity contribution in [2.75, 3.05) is 5.75 Å². The number of amides is 1. The van der Waals surface area contributed by atoms with E-state index in [1.807, 2.05) is 58.9 Å². The Morgan fingerprint density at radius 2 is 1.92 bits per heavy atom. The lowest BCUT2D eigenvalue weighted by Gasteiger charge is -2.22. The molecule has 1 heterocycles. The van der Waals surface area contributed by atoms with Gasteiger partial charge in [0.15, 0.2) is 5.82 Å². The molecule has 0 spiro atoms. The Bertz CT molecular complexity index is 738. The van der Waals surface area contributed by atoms with Gasteiger partial charge in [0.25, 0.3) is 0 Å². The van der Waals surface area contributed by atoms with E-state index in [0.29, 0.717) is 23.9 Å². The maximum Gasteiger partial charge on any atom is 0.232 e. The average Bonchev–Trinajstić information content (AvgIpc) is 2.99. The van der Waals surface area contributed by atoms with E-state index >= 15 is 0 Å². The van der Waals surface area contributed by atoms with Crippen molar-refractivity contribution in [1.82, 2.24) is 15.5 Å². The second kappa shape index (κ2) is 7.91. The Hall–Kier alpha value is -1.34. The van der Waals surface area contributed by atoms with E-state index in [2.05, 4.69) is 31.4 Å². The van der Waals surface area contributed by atoms with Gasteiger partial charge in [-0.2, -0.15) is 4.98 Å². The molecule has 1 amide bonds. The monoisotopic (exact) mass is 425 g/mol. The molecule has 0 atom stereocenters. The first-order chi connectivity index (χ1) is 11.6. The zero-order chi connectivity index (χ0) is 18.7. The largest absolute Gasteiger partial charge is 0.344 e. The standard InChI is InChI=1S/C18H24BrN3O2S/c1-17(2,3)16-20-15(22-24-16)18(4,5)21-14(23)10-11-25-13-9-7-6-8-12(13)19/h6-9H,10-11H2,1-5H3,(H,21,23). The first-order valence-corrected chi connectivity index (χ1v) is 9.90. The van der Waals surface area contributed by atoms with E-state index in [4.69, 9.17) is 4.52 Å². The third-order valence-electron chi connectivity index (χ3n) is 3.50. The second-order valence-corrected chi connectivity index (χ2v) is 9.37. The molecule has 1 N–H and O–H groups in total. The van der Waals surface area contributed by atoms with Crippen LogP contribution in [0.1, 0.15) is 52.8 Å². The van der Waals surface area contributed by atoms with Crippen molar-refractivity contribution in [3.05, 3.63) is 40.5 Å². The number of nitrogens with one attached hydrogen (secondary N) is 1. The highest BCUT2D eigenvalue weighted by Gasteiger charge is 2.31. The number of carbonyl (C=O) groups is 1. The maximum absolute atomic E-state index is 12.3. The predicted molar refractivity (Wildman–Crippen MR) is 104 cm³/mol. The fraction of sp³-hybridized carbons (Fsp3) is 0.500. The SMILES string of the molecule is CC(C)(C)c1nc(C(C)(C)NC(=O)CCSc2ccccc2Br)no1. The van der Waals surface area contributed by atoms with Crippen molar-refractivity contribution in [2.24, 2.45) is 0 Å². The molecule has 5 nitrogen and oxygen atoms in total. The highest BCUT2D eigenvalue weighted by atomic mass is 79.9. The number of thioether (sulfide) groups is 1. The van der Waals surface area contributed by atoms with Crippen LogP contribution in [0.5, 0.6) is 0 Å². The molecule has 1 aromatic carbocycles. The molecule has 0 saturated carbocycles. The minimum Gasteiger partial charge on any atom is -0.344 e. The minimum atomic E-state index is -0.678. The van der Waals surface area contributed by atoms with Crippen molar-refractivity contribution in [3.8, 4) is 0 Å². The molecule has 0 fully saturated rings. The summed E-state index contributed by atoms with van der Waals surface area (Å²) in [4.78, 5) is 17.9. The lowest BCUT2D eigenvalue weighted by atomic mass is 9.97. The van der Waals surface area contributed by atoms with E-state index in [9.17, 15) is 4.79 Å². The normalized spacial score (nSPS) is 12.2. The Morgan fingerprint density at radius 1 is 1.24 bits per heavy atom. The molecule has 0 bridgehead atoms. The summed E-state index contributed by atoms with van der Waals surface area (Å²) in [6, 6.07) is 7.98. The van der Waals surface area contributed by atoms with Gasteiger partial charge >= 0.3 is 0 Å². The number of hydrogen-bond donors (Lipinski definition) is 1. The minimum absolute atomic E-state index is 0.0355. The van der Waals surface area contributed by atoms with Crippen molar-refractivity contribution >= 4 is 33.6 Å². The molecular weight excluding hydrogens is 402 g/mol. The molecule has 0 aliphatic rings. The average molecular weight is 426 g/mol. The molecule has 2 rings (SSSR count). The molecule has 2 aromatic rings. The molecule has 0 unspecified atom stereocenters. The smallest absolute Gasteiger partial charge is 0.232 e. The Labute approximate surface area is 161 Å². The number of hydrogen-bond acceptors (Lipinski definition) is 5. The van der Waals surface area contributed by atoms with Gasteiger partial charge in [-0.3, -0.25) is 4.79 Å². The predicted octanol–water partition coefficient (Wildman–Crippen LogP) is 4.66. The number of benzene rings is 1. The summed E-state index contributed by atoms with van der Waals surface area (Å²) in [6.07, 6.45) is 0.416. The lowest BCUT2D eigenvalue weighted by molar-refractivity contribution is -0.122. The van der Waals surface area contributed by atoms with Crippen molar-refractivity contribution in [1.29, 1.82) is 0 Å². The fourth-order valence-corrected chi connectivity index (χ4v) is 3.58. The van der Waals surface area contributed by atoms with Crippen LogP contribution in [-0.2, 0) is 15.7 Å². The summed E-state index contributed by atoms with van der Waals surface area (Å²) in [5.41, 5.74) is -0.896. The fourth-order valence-electron chi connectivity index (χ4n) is 2.06. The summed E-state index contributed by atoms with van der Waals surface area (Å²) in [6.45, 7) is 9.78. The van der Waals surface area contributed by atoms with Crippen LogP contribution in [0.3, 0.4) is 0 Å². The summed E-state index contributed by atoms with van der Waals surface area (Å²) < 4.78 is 6.37. The van der Waals surface area contributed by atoms with Crippen molar-refractivity contribution in [3.63, 3.8) is 0 Å². The number of halogens is 1. The molecule has 25 heavy (non-hydrogen) atoms. The highest BCUT2D eigenvalue weighted by Crippen LogP contribution is 2.28. The Morgan fingerprint density at radius 3 is 2.52 bits per heavy atom. The summed E-state index contributed by atoms with van der Waals surface area (Å²) in [5, 5.41) is 7.02. The molecule has 7 heteroatoms. The van der Waals surface area contributed by atoms with Crippen LogP contribution in [0.25, 0.3) is 0 Å². The van der Waals surface area contributed by atoms with Gasteiger partial charge < -0.3 is 9.84 Å². The van der Waals surface area contributed by atoms with Gasteiger partial charge in [0.2, 0.25) is 11.8 Å². The van der Waals surface area contributed by atoms with Gasteiger partial charge in [-0.25, -0.2) is 0 Å². The number of nitrogens with zero attached hydrogens (tertiary/aromatic N) is 2. The van der Waals surface area contributed by atoms with E-state index in [1.54, 1.807) is 11.8 Å². The number of rotatable bonds is 6. The molecule has 0 radical (unpaired) electrons. The summed E-state index contributed by atoms with van der Waals surface area (Å²) in [7, 11) is 0. The Balaban J connectivity index is 1.90. The van der Waals surface area contributed by atoms with Crippen LogP contribution in [-0.4, -0.2) is 21.8 Å². The van der Waals surface area contributed by atoms with Gasteiger partial charge in [0, 0.05) is 27.0 Å². The van der Waals surface area contributed by atoms with Crippen LogP contribution in [0.15, 0.2) is 38.2 Å². The summed E-state index contributed by atoms with van der Waals surface area (Å²) >= 11 is 5.16. The van der Waals surface area contributed by atoms with E-state index < -0.39 is 5.54 Å². The zero-order valence-electron chi connectivity index (χ0n) is 15.2. The number of aromatic nitrogens is 2. The van der Waals surface area contributed by atoms with Gasteiger partial charge in [-0.1, -0.05) is 38.1 Å². The molecule has 0 saturated heterocycles. The van der Waals surface area contributed by atoms with Crippen LogP contribution < -0.4 is 5.32 Å². The quantitative estimate of drug-likeness (QED) is 0.681. The van der Waals surface area contributed by atoms with Crippen LogP contribution in [0.4, 0.5) is 0 Å². The van der Waals surface area contributed by atoms with Gasteiger partial charge in [-0.15, -0.1) is 11.8 Å². The van der Waals surface area contributed by atoms with Crippen LogP contribution >= 0.6 is 27.7 Å². The third kappa shape index (κ3) is 5.57. The first kappa shape index (κ1) is 20.0. The maximum atomic E-state index is 12.3. The van der Waals surface area contributed by atoms with E-state index in [1.165, 1.54) is 0 Å². The van der Waals surface area contributed by atoms with Crippen molar-refractivity contribution in [2.45, 2.75) is 56.9 Å². The third-order valence-corrected chi connectivity index (χ3v) is 5.53. The van der Waals surface area contributed by atoms with Crippen molar-refractivity contribution < 1.29 is 9.32 Å². The zero-order valence-corrected chi connectivity index (χ0v) is 17.6. The summed E-state index contributed by atoms with van der Waals surface area (Å²) in [5.74, 6) is 1.72. The van der Waals surface area contributed by atoms with Crippen LogP contribution in [0, 0.1) is 0 Å². The van der Waals surface area contributed by atoms with Gasteiger partial charge in [-0.05, 0) is 41.9 Å². The molecule has 0 aliphatic heterocycles. The molecular formula is C18H24BrN3O2S. The van der Waals surface area contributed by atoms with E-state index in [-0.39, 0.29) is 11.3 Å². The molecule has 0 aliphatic carbocycles. The van der Waals surface area contributed by atoms with Gasteiger partial charge in [0.05, 0.1) is 5.54 Å². The first-order valence-electron chi connectivity index (χ1n) is 8.12.